The summed E-state index contributed by atoms with van der Waals surface area (Å²) in [5, 5.41) is 5.67. The smallest absolute Gasteiger partial charge is 0.265 e. The summed E-state index contributed by atoms with van der Waals surface area (Å²) in [6.07, 6.45) is 0.171. The van der Waals surface area contributed by atoms with Gasteiger partial charge in [-0.15, -0.1) is 11.3 Å². The molecule has 0 aliphatic carbocycles. The van der Waals surface area contributed by atoms with E-state index in [4.69, 9.17) is 9.47 Å². The number of ether oxygens (including phenoxy) is 2. The van der Waals surface area contributed by atoms with Crippen molar-refractivity contribution in [2.45, 2.75) is 39.9 Å². The lowest BCUT2D eigenvalue weighted by Crippen LogP contribution is -2.11. The molecule has 2 aromatic carbocycles. The summed E-state index contributed by atoms with van der Waals surface area (Å²) in [7, 11) is 0. The molecule has 0 saturated heterocycles. The van der Waals surface area contributed by atoms with Crippen molar-refractivity contribution >= 4 is 34.5 Å². The third kappa shape index (κ3) is 6.58. The molecule has 31 heavy (non-hydrogen) atoms. The van der Waals surface area contributed by atoms with Gasteiger partial charge in [0.2, 0.25) is 0 Å². The minimum Gasteiger partial charge on any atom is -0.491 e. The predicted octanol–water partition coefficient (Wildman–Crippen LogP) is 5.83. The van der Waals surface area contributed by atoms with Crippen molar-refractivity contribution in [3.63, 3.8) is 0 Å². The Hall–Kier alpha value is -3.32. The van der Waals surface area contributed by atoms with E-state index >= 15 is 0 Å². The number of amides is 2. The molecule has 6 nitrogen and oxygen atoms in total. The average Bonchev–Trinajstić information content (AvgIpc) is 3.21. The van der Waals surface area contributed by atoms with Crippen molar-refractivity contribution in [1.29, 1.82) is 0 Å². The van der Waals surface area contributed by atoms with Gasteiger partial charge in [0.05, 0.1) is 22.0 Å². The minimum absolute atomic E-state index is 0.0856. The summed E-state index contributed by atoms with van der Waals surface area (Å²) in [5.41, 5.74) is 1.31. The summed E-state index contributed by atoms with van der Waals surface area (Å²) in [4.78, 5) is 25.9. The van der Waals surface area contributed by atoms with Crippen LogP contribution in [0.5, 0.6) is 11.5 Å². The highest BCUT2D eigenvalue weighted by atomic mass is 32.1. The van der Waals surface area contributed by atoms with Crippen LogP contribution in [0.3, 0.4) is 0 Å². The van der Waals surface area contributed by atoms with E-state index in [1.807, 2.05) is 27.7 Å². The monoisotopic (exact) mass is 438 g/mol. The van der Waals surface area contributed by atoms with Crippen LogP contribution in [0.25, 0.3) is 0 Å². The van der Waals surface area contributed by atoms with Crippen molar-refractivity contribution in [3.05, 3.63) is 70.4 Å². The van der Waals surface area contributed by atoms with Crippen LogP contribution in [-0.2, 0) is 0 Å². The normalized spacial score (nSPS) is 10.8. The Morgan fingerprint density at radius 3 is 1.32 bits per heavy atom. The maximum atomic E-state index is 12.5. The van der Waals surface area contributed by atoms with Gasteiger partial charge in [0.25, 0.3) is 11.8 Å². The molecule has 0 atom stereocenters. The van der Waals surface area contributed by atoms with Gasteiger partial charge in [-0.25, -0.2) is 0 Å². The first kappa shape index (κ1) is 22.4. The van der Waals surface area contributed by atoms with Crippen molar-refractivity contribution < 1.29 is 19.1 Å². The van der Waals surface area contributed by atoms with Gasteiger partial charge in [0, 0.05) is 11.4 Å². The molecule has 0 unspecified atom stereocenters. The molecule has 7 heteroatoms. The Labute approximate surface area is 186 Å². The van der Waals surface area contributed by atoms with E-state index in [0.717, 1.165) is 22.8 Å². The predicted molar refractivity (Wildman–Crippen MR) is 125 cm³/mol. The molecule has 162 valence electrons. The van der Waals surface area contributed by atoms with Gasteiger partial charge in [-0.2, -0.15) is 0 Å². The highest BCUT2D eigenvalue weighted by Crippen LogP contribution is 2.22. The Balaban J connectivity index is 1.58. The molecule has 0 aliphatic rings. The summed E-state index contributed by atoms with van der Waals surface area (Å²) in [5.74, 6) is 0.951. The Bertz CT molecular complexity index is 942. The highest BCUT2D eigenvalue weighted by Gasteiger charge is 2.14. The van der Waals surface area contributed by atoms with E-state index in [1.54, 1.807) is 60.7 Å². The lowest BCUT2D eigenvalue weighted by molar-refractivity contribution is 0.102. The molecule has 0 saturated carbocycles. The molecular weight excluding hydrogens is 412 g/mol. The van der Waals surface area contributed by atoms with Gasteiger partial charge in [-0.3, -0.25) is 9.59 Å². The molecule has 1 heterocycles. The molecule has 0 aliphatic heterocycles. The van der Waals surface area contributed by atoms with Gasteiger partial charge >= 0.3 is 0 Å². The van der Waals surface area contributed by atoms with Gasteiger partial charge in [0.1, 0.15) is 11.5 Å². The Kier molecular flexibility index (Phi) is 7.31. The zero-order valence-electron chi connectivity index (χ0n) is 18.0. The van der Waals surface area contributed by atoms with Gasteiger partial charge in [0.15, 0.2) is 0 Å². The first-order valence-corrected chi connectivity index (χ1v) is 10.9. The lowest BCUT2D eigenvalue weighted by Gasteiger charge is -2.10. The first-order valence-electron chi connectivity index (χ1n) is 10.1. The first-order chi connectivity index (χ1) is 14.8. The van der Waals surface area contributed by atoms with E-state index in [1.165, 1.54) is 0 Å². The number of rotatable bonds is 8. The van der Waals surface area contributed by atoms with Crippen LogP contribution < -0.4 is 20.1 Å². The third-order valence-corrected chi connectivity index (χ3v) is 5.10. The lowest BCUT2D eigenvalue weighted by atomic mass is 10.3. The molecule has 2 amide bonds. The third-order valence-electron chi connectivity index (χ3n) is 4.02. The van der Waals surface area contributed by atoms with Crippen LogP contribution in [-0.4, -0.2) is 24.0 Å². The molecule has 2 N–H and O–H groups in total. The Morgan fingerprint density at radius 2 is 1.00 bits per heavy atom. The maximum Gasteiger partial charge on any atom is 0.265 e. The number of hydrogen-bond acceptors (Lipinski definition) is 5. The summed E-state index contributed by atoms with van der Waals surface area (Å²) < 4.78 is 11.2. The molecule has 0 radical (unpaired) electrons. The summed E-state index contributed by atoms with van der Waals surface area (Å²) in [6.45, 7) is 7.82. The van der Waals surface area contributed by atoms with Gasteiger partial charge < -0.3 is 20.1 Å². The number of thiophene rings is 1. The van der Waals surface area contributed by atoms with Crippen molar-refractivity contribution in [2.24, 2.45) is 0 Å². The topological polar surface area (TPSA) is 76.7 Å². The number of carbonyl (C=O) groups excluding carboxylic acids is 2. The number of hydrogen-bond donors (Lipinski definition) is 2. The fourth-order valence-corrected chi connectivity index (χ4v) is 3.54. The molecule has 0 fully saturated rings. The maximum absolute atomic E-state index is 12.5. The number of nitrogens with one attached hydrogen (secondary N) is 2. The summed E-state index contributed by atoms with van der Waals surface area (Å²) >= 11 is 1.14. The van der Waals surface area contributed by atoms with E-state index in [9.17, 15) is 9.59 Å². The molecule has 1 aromatic heterocycles. The second-order valence-corrected chi connectivity index (χ2v) is 8.54. The van der Waals surface area contributed by atoms with Crippen LogP contribution in [0.2, 0.25) is 0 Å². The van der Waals surface area contributed by atoms with Gasteiger partial charge in [-0.05, 0) is 88.4 Å². The minimum atomic E-state index is -0.267. The van der Waals surface area contributed by atoms with Crippen LogP contribution in [0.15, 0.2) is 60.7 Å². The summed E-state index contributed by atoms with van der Waals surface area (Å²) in [6, 6.07) is 17.6. The van der Waals surface area contributed by atoms with Crippen molar-refractivity contribution in [2.75, 3.05) is 10.6 Å². The van der Waals surface area contributed by atoms with Crippen LogP contribution >= 0.6 is 11.3 Å². The zero-order chi connectivity index (χ0) is 22.4. The van der Waals surface area contributed by atoms with Crippen LogP contribution in [0.1, 0.15) is 47.0 Å². The second kappa shape index (κ2) is 10.1. The van der Waals surface area contributed by atoms with Crippen LogP contribution in [0.4, 0.5) is 11.4 Å². The van der Waals surface area contributed by atoms with E-state index in [0.29, 0.717) is 21.1 Å². The molecule has 3 rings (SSSR count). The van der Waals surface area contributed by atoms with Gasteiger partial charge in [-0.1, -0.05) is 0 Å². The zero-order valence-corrected chi connectivity index (χ0v) is 18.8. The number of anilines is 2. The standard InChI is InChI=1S/C24H26N2O4S/c1-15(2)29-19-9-5-17(6-10-19)25-23(27)21-13-14-22(31-21)24(28)26-18-7-11-20(12-8-18)30-16(3)4/h5-16H,1-4H3,(H,25,27)(H,26,28). The molecule has 3 aromatic rings. The van der Waals surface area contributed by atoms with E-state index < -0.39 is 0 Å². The molecule has 0 bridgehead atoms. The number of carbonyl (C=O) groups is 2. The van der Waals surface area contributed by atoms with Crippen molar-refractivity contribution in [1.82, 2.24) is 0 Å². The average molecular weight is 439 g/mol. The quantitative estimate of drug-likeness (QED) is 0.464. The van der Waals surface area contributed by atoms with Crippen molar-refractivity contribution in [3.8, 4) is 11.5 Å². The molecule has 0 spiro atoms. The SMILES string of the molecule is CC(C)Oc1ccc(NC(=O)c2ccc(C(=O)Nc3ccc(OC(C)C)cc3)s2)cc1. The number of benzene rings is 2. The second-order valence-electron chi connectivity index (χ2n) is 7.45. The van der Waals surface area contributed by atoms with E-state index in [-0.39, 0.29) is 24.0 Å². The van der Waals surface area contributed by atoms with Crippen LogP contribution in [0, 0.1) is 0 Å². The fraction of sp³-hybridized carbons (Fsp3) is 0.250. The largest absolute Gasteiger partial charge is 0.491 e. The highest BCUT2D eigenvalue weighted by molar-refractivity contribution is 7.16. The Morgan fingerprint density at radius 1 is 0.645 bits per heavy atom. The van der Waals surface area contributed by atoms with E-state index in [2.05, 4.69) is 10.6 Å². The fourth-order valence-electron chi connectivity index (χ4n) is 2.75. The molecular formula is C24H26N2O4S.